The van der Waals surface area contributed by atoms with Crippen molar-refractivity contribution in [2.24, 2.45) is 5.92 Å². The van der Waals surface area contributed by atoms with Gasteiger partial charge in [0.25, 0.3) is 5.69 Å². The highest BCUT2D eigenvalue weighted by Crippen LogP contribution is 2.21. The molecule has 2 aromatic rings. The molecule has 2 rings (SSSR count). The van der Waals surface area contributed by atoms with E-state index in [4.69, 9.17) is 14.2 Å². The highest BCUT2D eigenvalue weighted by molar-refractivity contribution is 5.74. The Morgan fingerprint density at radius 2 is 1.55 bits per heavy atom. The number of nitro groups is 1. The smallest absolute Gasteiger partial charge is 0.349 e. The monoisotopic (exact) mass is 401 g/mol. The van der Waals surface area contributed by atoms with Gasteiger partial charge >= 0.3 is 5.97 Å². The molecular formula is C22H27NO6. The van der Waals surface area contributed by atoms with E-state index < -0.39 is 10.9 Å². The van der Waals surface area contributed by atoms with E-state index >= 15 is 0 Å². The molecule has 0 spiro atoms. The molecule has 0 aliphatic heterocycles. The summed E-state index contributed by atoms with van der Waals surface area (Å²) < 4.78 is 16.4. The molecule has 0 bridgehead atoms. The van der Waals surface area contributed by atoms with E-state index in [9.17, 15) is 14.9 Å². The van der Waals surface area contributed by atoms with E-state index in [1.165, 1.54) is 43.5 Å². The van der Waals surface area contributed by atoms with Crippen molar-refractivity contribution in [3.63, 3.8) is 0 Å². The SMILES string of the molecule is CCCCC(CC)COc1ccc(OCC(=O)Oc2ccc([N+](=O)[O-])cc2)cc1. The molecule has 0 saturated carbocycles. The molecule has 2 aromatic carbocycles. The van der Waals surface area contributed by atoms with Crippen LogP contribution in [-0.2, 0) is 4.79 Å². The minimum Gasteiger partial charge on any atom is -0.493 e. The fourth-order valence-corrected chi connectivity index (χ4v) is 2.68. The third-order valence-electron chi connectivity index (χ3n) is 4.49. The van der Waals surface area contributed by atoms with Crippen LogP contribution in [0.1, 0.15) is 39.5 Å². The maximum atomic E-state index is 11.9. The standard InChI is InChI=1S/C22H27NO6/c1-3-5-6-17(4-2)15-27-19-11-13-20(14-12-19)28-16-22(24)29-21-9-7-18(8-10-21)23(25)26/h7-14,17H,3-6,15-16H2,1-2H3. The molecule has 156 valence electrons. The number of unbranched alkanes of at least 4 members (excludes halogenated alkanes) is 1. The molecule has 1 unspecified atom stereocenters. The molecule has 0 radical (unpaired) electrons. The Kier molecular flexibility index (Phi) is 8.95. The van der Waals surface area contributed by atoms with E-state index in [-0.39, 0.29) is 18.0 Å². The average Bonchev–Trinajstić information content (AvgIpc) is 2.73. The second-order valence-electron chi connectivity index (χ2n) is 6.71. The van der Waals surface area contributed by atoms with Gasteiger partial charge in [0.15, 0.2) is 6.61 Å². The van der Waals surface area contributed by atoms with Crippen LogP contribution >= 0.6 is 0 Å². The lowest BCUT2D eigenvalue weighted by molar-refractivity contribution is -0.384. The normalized spacial score (nSPS) is 11.5. The van der Waals surface area contributed by atoms with Gasteiger partial charge in [0.05, 0.1) is 11.5 Å². The molecule has 7 heteroatoms. The van der Waals surface area contributed by atoms with E-state index in [2.05, 4.69) is 13.8 Å². The van der Waals surface area contributed by atoms with Crippen molar-refractivity contribution in [3.05, 3.63) is 58.6 Å². The Hall–Kier alpha value is -3.09. The third-order valence-corrected chi connectivity index (χ3v) is 4.49. The minimum absolute atomic E-state index is 0.0704. The summed E-state index contributed by atoms with van der Waals surface area (Å²) in [5.41, 5.74) is -0.0704. The number of carbonyl (C=O) groups is 1. The maximum absolute atomic E-state index is 11.9. The molecule has 1 atom stereocenters. The lowest BCUT2D eigenvalue weighted by Gasteiger charge is -2.15. The van der Waals surface area contributed by atoms with Gasteiger partial charge < -0.3 is 14.2 Å². The molecule has 7 nitrogen and oxygen atoms in total. The second kappa shape index (κ2) is 11.7. The highest BCUT2D eigenvalue weighted by atomic mass is 16.6. The van der Waals surface area contributed by atoms with Crippen LogP contribution in [0.15, 0.2) is 48.5 Å². The van der Waals surface area contributed by atoms with Gasteiger partial charge in [-0.1, -0.05) is 33.1 Å². The molecule has 29 heavy (non-hydrogen) atoms. The number of carbonyl (C=O) groups excluding carboxylic acids is 1. The predicted octanol–water partition coefficient (Wildman–Crippen LogP) is 5.17. The molecule has 0 saturated heterocycles. The topological polar surface area (TPSA) is 87.9 Å². The van der Waals surface area contributed by atoms with Gasteiger partial charge in [-0.2, -0.15) is 0 Å². The van der Waals surface area contributed by atoms with Gasteiger partial charge in [-0.25, -0.2) is 4.79 Å². The molecule has 0 heterocycles. The zero-order valence-corrected chi connectivity index (χ0v) is 16.8. The van der Waals surface area contributed by atoms with E-state index in [0.717, 1.165) is 12.2 Å². The van der Waals surface area contributed by atoms with Crippen LogP contribution in [0.25, 0.3) is 0 Å². The summed E-state index contributed by atoms with van der Waals surface area (Å²) in [6.07, 6.45) is 4.67. The average molecular weight is 401 g/mol. The van der Waals surface area contributed by atoms with Gasteiger partial charge in [-0.3, -0.25) is 10.1 Å². The first-order chi connectivity index (χ1) is 14.0. The second-order valence-corrected chi connectivity index (χ2v) is 6.71. The first kappa shape index (κ1) is 22.2. The predicted molar refractivity (Wildman–Crippen MR) is 109 cm³/mol. The summed E-state index contributed by atoms with van der Waals surface area (Å²) >= 11 is 0. The van der Waals surface area contributed by atoms with E-state index in [0.29, 0.717) is 18.3 Å². The summed E-state index contributed by atoms with van der Waals surface area (Å²) in [7, 11) is 0. The number of benzene rings is 2. The summed E-state index contributed by atoms with van der Waals surface area (Å²) in [5.74, 6) is 1.47. The van der Waals surface area contributed by atoms with Crippen LogP contribution in [0, 0.1) is 16.0 Å². The summed E-state index contributed by atoms with van der Waals surface area (Å²) in [4.78, 5) is 22.0. The number of hydrogen-bond acceptors (Lipinski definition) is 6. The van der Waals surface area contributed by atoms with Crippen LogP contribution in [-0.4, -0.2) is 24.1 Å². The number of rotatable bonds is 12. The zero-order chi connectivity index (χ0) is 21.1. The number of non-ortho nitro benzene ring substituents is 1. The van der Waals surface area contributed by atoms with Crippen molar-refractivity contribution in [2.75, 3.05) is 13.2 Å². The number of esters is 1. The van der Waals surface area contributed by atoms with Crippen molar-refractivity contribution in [3.8, 4) is 17.2 Å². The molecule has 0 aromatic heterocycles. The quantitative estimate of drug-likeness (QED) is 0.211. The van der Waals surface area contributed by atoms with Crippen molar-refractivity contribution in [1.29, 1.82) is 0 Å². The molecule has 0 fully saturated rings. The summed E-state index contributed by atoms with van der Waals surface area (Å²) in [6, 6.07) is 12.4. The number of ether oxygens (including phenoxy) is 3. The summed E-state index contributed by atoms with van der Waals surface area (Å²) in [6.45, 7) is 4.79. The first-order valence-corrected chi connectivity index (χ1v) is 9.82. The Labute approximate surface area is 170 Å². The Balaban J connectivity index is 1.76. The van der Waals surface area contributed by atoms with Gasteiger partial charge in [-0.05, 0) is 48.7 Å². The Bertz CT molecular complexity index is 773. The van der Waals surface area contributed by atoms with Gasteiger partial charge in [-0.15, -0.1) is 0 Å². The molecule has 0 aliphatic carbocycles. The van der Waals surface area contributed by atoms with Crippen molar-refractivity contribution in [1.82, 2.24) is 0 Å². The van der Waals surface area contributed by atoms with Crippen LogP contribution in [0.5, 0.6) is 17.2 Å². The molecule has 0 aliphatic rings. The van der Waals surface area contributed by atoms with Crippen LogP contribution in [0.3, 0.4) is 0 Å². The van der Waals surface area contributed by atoms with Crippen molar-refractivity contribution >= 4 is 11.7 Å². The fraction of sp³-hybridized carbons (Fsp3) is 0.409. The fourth-order valence-electron chi connectivity index (χ4n) is 2.68. The highest BCUT2D eigenvalue weighted by Gasteiger charge is 2.10. The van der Waals surface area contributed by atoms with Gasteiger partial charge in [0, 0.05) is 12.1 Å². The maximum Gasteiger partial charge on any atom is 0.349 e. The Morgan fingerprint density at radius 1 is 0.966 bits per heavy atom. The molecular weight excluding hydrogens is 374 g/mol. The van der Waals surface area contributed by atoms with Crippen LogP contribution < -0.4 is 14.2 Å². The van der Waals surface area contributed by atoms with Crippen LogP contribution in [0.2, 0.25) is 0 Å². The van der Waals surface area contributed by atoms with E-state index in [1.54, 1.807) is 12.1 Å². The summed E-state index contributed by atoms with van der Waals surface area (Å²) in [5, 5.41) is 10.6. The lowest BCUT2D eigenvalue weighted by atomic mass is 10.0. The minimum atomic E-state index is -0.596. The Morgan fingerprint density at radius 3 is 2.10 bits per heavy atom. The number of nitrogens with zero attached hydrogens (tertiary/aromatic N) is 1. The zero-order valence-electron chi connectivity index (χ0n) is 16.8. The largest absolute Gasteiger partial charge is 0.493 e. The van der Waals surface area contributed by atoms with Gasteiger partial charge in [0.2, 0.25) is 0 Å². The first-order valence-electron chi connectivity index (χ1n) is 9.82. The number of hydrogen-bond donors (Lipinski definition) is 0. The van der Waals surface area contributed by atoms with Crippen molar-refractivity contribution in [2.45, 2.75) is 39.5 Å². The molecule has 0 N–H and O–H groups in total. The van der Waals surface area contributed by atoms with Crippen LogP contribution in [0.4, 0.5) is 5.69 Å². The van der Waals surface area contributed by atoms with Gasteiger partial charge in [0.1, 0.15) is 17.2 Å². The number of nitro benzene ring substituents is 1. The van der Waals surface area contributed by atoms with E-state index in [1.807, 2.05) is 12.1 Å². The van der Waals surface area contributed by atoms with Crippen molar-refractivity contribution < 1.29 is 23.9 Å². The third kappa shape index (κ3) is 7.81. The lowest BCUT2D eigenvalue weighted by Crippen LogP contribution is -2.17. The molecule has 0 amide bonds.